The minimum Gasteiger partial charge on any atom is -0.508 e. The molecular weight excluding hydrogens is 421 g/mol. The largest absolute Gasteiger partial charge is 0.508 e. The van der Waals surface area contributed by atoms with Crippen molar-refractivity contribution in [1.82, 2.24) is 19.9 Å². The van der Waals surface area contributed by atoms with Gasteiger partial charge in [0, 0.05) is 32.7 Å². The molecule has 6 nitrogen and oxygen atoms in total. The Morgan fingerprint density at radius 3 is 2.37 bits per heavy atom. The van der Waals surface area contributed by atoms with Crippen molar-refractivity contribution in [1.29, 1.82) is 0 Å². The predicted octanol–water partition coefficient (Wildman–Crippen LogP) is 4.94. The lowest BCUT2D eigenvalue weighted by molar-refractivity contribution is 0.187. The first-order chi connectivity index (χ1) is 14.6. The Balaban J connectivity index is 1.57. The maximum absolute atomic E-state index is 10.1. The number of anilines is 1. The van der Waals surface area contributed by atoms with E-state index in [1.165, 1.54) is 0 Å². The van der Waals surface area contributed by atoms with E-state index in [1.54, 1.807) is 6.07 Å². The van der Waals surface area contributed by atoms with Gasteiger partial charge in [0.25, 0.3) is 0 Å². The number of halogens is 2. The van der Waals surface area contributed by atoms with Crippen LogP contribution in [0.5, 0.6) is 5.75 Å². The molecule has 30 heavy (non-hydrogen) atoms. The minimum atomic E-state index is -0.0147. The van der Waals surface area contributed by atoms with E-state index in [4.69, 9.17) is 23.2 Å². The number of H-pyrrole nitrogens is 1. The molecule has 2 N–H and O–H groups in total. The van der Waals surface area contributed by atoms with E-state index >= 15 is 0 Å². The zero-order valence-corrected chi connectivity index (χ0v) is 18.6. The molecule has 0 aliphatic carbocycles. The summed E-state index contributed by atoms with van der Waals surface area (Å²) in [5.74, 6) is 1.27. The van der Waals surface area contributed by atoms with E-state index in [9.17, 15) is 5.11 Å². The summed E-state index contributed by atoms with van der Waals surface area (Å²) in [5.41, 5.74) is 1.95. The van der Waals surface area contributed by atoms with Gasteiger partial charge in [-0.25, -0.2) is 5.21 Å². The second-order valence-corrected chi connectivity index (χ2v) is 8.48. The van der Waals surface area contributed by atoms with Gasteiger partial charge in [-0.05, 0) is 36.2 Å². The summed E-state index contributed by atoms with van der Waals surface area (Å²) < 4.78 is 2.12. The average Bonchev–Trinajstić information content (AvgIpc) is 2.72. The number of aromatic amines is 1. The maximum atomic E-state index is 10.1. The molecule has 1 saturated heterocycles. The van der Waals surface area contributed by atoms with Gasteiger partial charge in [0.2, 0.25) is 0 Å². The molecule has 1 unspecified atom stereocenters. The molecule has 0 bridgehead atoms. The summed E-state index contributed by atoms with van der Waals surface area (Å²) in [6, 6.07) is 13.1. The van der Waals surface area contributed by atoms with Crippen LogP contribution in [0.2, 0.25) is 10.0 Å². The molecule has 160 valence electrons. The number of phenols is 1. The Kier molecular flexibility index (Phi) is 6.56. The van der Waals surface area contributed by atoms with Gasteiger partial charge in [-0.15, -0.1) is 5.10 Å². The van der Waals surface area contributed by atoms with E-state index < -0.39 is 0 Å². The summed E-state index contributed by atoms with van der Waals surface area (Å²) >= 11 is 12.8. The highest BCUT2D eigenvalue weighted by atomic mass is 35.5. The third-order valence-electron chi connectivity index (χ3n) is 5.66. The third kappa shape index (κ3) is 4.31. The Labute approximate surface area is 187 Å². The van der Waals surface area contributed by atoms with Crippen LogP contribution in [0, 0.1) is 0 Å². The molecule has 0 amide bonds. The van der Waals surface area contributed by atoms with Crippen LogP contribution in [0.3, 0.4) is 0 Å². The molecule has 0 spiro atoms. The van der Waals surface area contributed by atoms with Crippen molar-refractivity contribution < 1.29 is 5.11 Å². The summed E-state index contributed by atoms with van der Waals surface area (Å²) in [5, 5.41) is 19.0. The minimum absolute atomic E-state index is 0.0147. The average molecular weight is 448 g/mol. The fraction of sp³-hybridized carbons (Fsp3) is 0.409. The third-order valence-corrected chi connectivity index (χ3v) is 6.27. The van der Waals surface area contributed by atoms with E-state index in [2.05, 4.69) is 37.8 Å². The number of piperazine rings is 1. The van der Waals surface area contributed by atoms with Gasteiger partial charge >= 0.3 is 0 Å². The summed E-state index contributed by atoms with van der Waals surface area (Å²) in [6.07, 6.45) is 2.22. The number of aromatic hydroxyl groups is 1. The number of hydrogen-bond acceptors (Lipinski definition) is 4. The van der Waals surface area contributed by atoms with Gasteiger partial charge < -0.3 is 10.0 Å². The lowest BCUT2D eigenvalue weighted by Crippen LogP contribution is -2.49. The highest BCUT2D eigenvalue weighted by Crippen LogP contribution is 2.36. The lowest BCUT2D eigenvalue weighted by atomic mass is 10.0. The van der Waals surface area contributed by atoms with Gasteiger partial charge in [-0.1, -0.05) is 54.7 Å². The fourth-order valence-electron chi connectivity index (χ4n) is 4.08. The highest BCUT2D eigenvalue weighted by Gasteiger charge is 2.31. The smallest absolute Gasteiger partial charge is 0.168 e. The normalized spacial score (nSPS) is 16.2. The number of benzene rings is 2. The highest BCUT2D eigenvalue weighted by molar-refractivity contribution is 6.39. The van der Waals surface area contributed by atoms with Crippen molar-refractivity contribution in [3.05, 3.63) is 63.9 Å². The molecule has 4 rings (SSSR count). The molecular formula is C22H27Cl2N5O. The summed E-state index contributed by atoms with van der Waals surface area (Å²) in [7, 11) is 0. The Bertz CT molecular complexity index is 957. The first-order valence-electron chi connectivity index (χ1n) is 10.4. The zero-order valence-electron chi connectivity index (χ0n) is 17.1. The fourth-order valence-corrected chi connectivity index (χ4v) is 4.72. The van der Waals surface area contributed by atoms with Gasteiger partial charge in [-0.3, -0.25) is 9.58 Å². The van der Waals surface area contributed by atoms with E-state index in [1.807, 2.05) is 30.3 Å². The molecule has 1 fully saturated rings. The number of unbranched alkanes of at least 4 members (excludes halogenated alkanes) is 1. The number of nitrogens with one attached hydrogen (secondary N) is 1. The molecule has 1 aliphatic heterocycles. The van der Waals surface area contributed by atoms with Crippen molar-refractivity contribution in [3.63, 3.8) is 0 Å². The van der Waals surface area contributed by atoms with E-state index in [-0.39, 0.29) is 11.8 Å². The van der Waals surface area contributed by atoms with Crippen LogP contribution >= 0.6 is 23.2 Å². The van der Waals surface area contributed by atoms with Crippen molar-refractivity contribution >= 4 is 28.9 Å². The van der Waals surface area contributed by atoms with E-state index in [0.29, 0.717) is 10.0 Å². The topological polar surface area (TPSA) is 60.3 Å². The van der Waals surface area contributed by atoms with Gasteiger partial charge in [-0.2, -0.15) is 0 Å². The van der Waals surface area contributed by atoms with Crippen LogP contribution in [0.4, 0.5) is 5.69 Å². The zero-order chi connectivity index (χ0) is 21.1. The van der Waals surface area contributed by atoms with Crippen LogP contribution in [-0.2, 0) is 6.54 Å². The first kappa shape index (κ1) is 21.1. The van der Waals surface area contributed by atoms with Crippen molar-refractivity contribution in [2.75, 3.05) is 31.1 Å². The van der Waals surface area contributed by atoms with Crippen LogP contribution in [0.1, 0.15) is 37.2 Å². The van der Waals surface area contributed by atoms with Crippen LogP contribution in [0.25, 0.3) is 0 Å². The number of aromatic nitrogens is 3. The standard InChI is InChI=1S/C22H27Cl2N5O/c1-2-3-10-29-22(25-26-29)20(16-6-4-7-17(30)15-16)27-11-13-28(14-12-27)21-18(23)8-5-9-19(21)24/h4-9,15,20,26,30H,2-3,10-14H2,1H3. The maximum Gasteiger partial charge on any atom is 0.168 e. The second-order valence-electron chi connectivity index (χ2n) is 7.67. The van der Waals surface area contributed by atoms with E-state index in [0.717, 1.165) is 62.6 Å². The number of hydrogen-bond donors (Lipinski definition) is 2. The number of para-hydroxylation sites is 1. The summed E-state index contributed by atoms with van der Waals surface area (Å²) in [4.78, 5) is 4.66. The second kappa shape index (κ2) is 9.33. The number of nitrogens with zero attached hydrogens (tertiary/aromatic N) is 4. The van der Waals surface area contributed by atoms with Crippen LogP contribution < -0.4 is 4.90 Å². The lowest BCUT2D eigenvalue weighted by Gasteiger charge is -2.41. The van der Waals surface area contributed by atoms with Crippen LogP contribution in [0.15, 0.2) is 42.5 Å². The molecule has 1 aromatic heterocycles. The molecule has 3 aromatic rings. The number of rotatable bonds is 7. The first-order valence-corrected chi connectivity index (χ1v) is 11.2. The number of phenolic OH excluding ortho intramolecular Hbond substituents is 1. The van der Waals surface area contributed by atoms with Crippen LogP contribution in [-0.4, -0.2) is 51.2 Å². The molecule has 1 atom stereocenters. The van der Waals surface area contributed by atoms with Gasteiger partial charge in [0.15, 0.2) is 5.82 Å². The van der Waals surface area contributed by atoms with Crippen molar-refractivity contribution in [2.45, 2.75) is 32.4 Å². The Morgan fingerprint density at radius 2 is 1.77 bits per heavy atom. The molecule has 0 saturated carbocycles. The monoisotopic (exact) mass is 447 g/mol. The van der Waals surface area contributed by atoms with Crippen molar-refractivity contribution in [2.24, 2.45) is 0 Å². The SMILES string of the molecule is CCCCn1[nH]nc1C(c1cccc(O)c1)N1CCN(c2c(Cl)cccc2Cl)CC1. The molecule has 2 aromatic carbocycles. The molecule has 8 heteroatoms. The summed E-state index contributed by atoms with van der Waals surface area (Å²) in [6.45, 7) is 6.40. The predicted molar refractivity (Wildman–Crippen MR) is 122 cm³/mol. The van der Waals surface area contributed by atoms with Gasteiger partial charge in [0.05, 0.1) is 21.8 Å². The molecule has 2 heterocycles. The Hall–Kier alpha value is -2.15. The molecule has 1 aliphatic rings. The quantitative estimate of drug-likeness (QED) is 0.538. The van der Waals surface area contributed by atoms with Crippen molar-refractivity contribution in [3.8, 4) is 5.75 Å². The number of aryl methyl sites for hydroxylation is 1. The Morgan fingerprint density at radius 1 is 1.07 bits per heavy atom. The molecule has 0 radical (unpaired) electrons. The van der Waals surface area contributed by atoms with Gasteiger partial charge in [0.1, 0.15) is 5.75 Å².